The number of aliphatic imine (C=N–C) groups is 2. The van der Waals surface area contributed by atoms with Crippen molar-refractivity contribution in [2.45, 2.75) is 98.3 Å². The lowest BCUT2D eigenvalue weighted by atomic mass is 9.73. The lowest BCUT2D eigenvalue weighted by molar-refractivity contribution is 0.300. The molecule has 39 heavy (non-hydrogen) atoms. The summed E-state index contributed by atoms with van der Waals surface area (Å²) in [5.41, 5.74) is 6.09. The molecule has 0 aliphatic carbocycles. The maximum absolute atomic E-state index is 5.08. The van der Waals surface area contributed by atoms with E-state index < -0.39 is 0 Å². The van der Waals surface area contributed by atoms with Crippen molar-refractivity contribution in [3.8, 4) is 0 Å². The minimum absolute atomic E-state index is 0.0278. The van der Waals surface area contributed by atoms with Crippen LogP contribution in [0.3, 0.4) is 0 Å². The van der Waals surface area contributed by atoms with Crippen molar-refractivity contribution in [3.63, 3.8) is 0 Å². The summed E-state index contributed by atoms with van der Waals surface area (Å²) in [6.45, 7) is 20.9. The average Bonchev–Trinajstić information content (AvgIpc) is 2.88. The van der Waals surface area contributed by atoms with Crippen molar-refractivity contribution in [2.75, 3.05) is 33.7 Å². The molecule has 1 fully saturated rings. The molecule has 2 rings (SSSR count). The van der Waals surface area contributed by atoms with E-state index in [0.717, 1.165) is 49.7 Å². The van der Waals surface area contributed by atoms with E-state index in [0.29, 0.717) is 5.92 Å². The van der Waals surface area contributed by atoms with Gasteiger partial charge in [0.2, 0.25) is 0 Å². The van der Waals surface area contributed by atoms with E-state index in [1.165, 1.54) is 55.4 Å². The fourth-order valence-electron chi connectivity index (χ4n) is 5.15. The van der Waals surface area contributed by atoms with Crippen LogP contribution in [-0.4, -0.2) is 55.1 Å². The Morgan fingerprint density at radius 3 is 2.33 bits per heavy atom. The first kappa shape index (κ1) is 32.6. The Hall–Kier alpha value is -2.62. The Balaban J connectivity index is 2.03. The molecule has 2 atom stereocenters. The molecule has 4 heteroatoms. The summed E-state index contributed by atoms with van der Waals surface area (Å²) in [4.78, 5) is 14.4. The smallest absolute Gasteiger partial charge is 0.130 e. The Labute approximate surface area is 240 Å². The summed E-state index contributed by atoms with van der Waals surface area (Å²) >= 11 is 0. The minimum atomic E-state index is 0.0278. The number of hydrogen-bond donors (Lipinski definition) is 0. The highest BCUT2D eigenvalue weighted by atomic mass is 15.2. The molecule has 4 nitrogen and oxygen atoms in total. The quantitative estimate of drug-likeness (QED) is 0.0921. The van der Waals surface area contributed by atoms with E-state index >= 15 is 0 Å². The van der Waals surface area contributed by atoms with Gasteiger partial charge in [-0.25, -0.2) is 4.99 Å². The second-order valence-corrected chi connectivity index (χ2v) is 11.8. The molecule has 216 valence electrons. The van der Waals surface area contributed by atoms with Gasteiger partial charge in [0.25, 0.3) is 0 Å². The molecule has 0 radical (unpaired) electrons. The second-order valence-electron chi connectivity index (χ2n) is 11.8. The molecule has 0 N–H and O–H groups in total. The molecule has 1 aromatic rings. The molecule has 1 aromatic carbocycles. The van der Waals surface area contributed by atoms with Gasteiger partial charge < -0.3 is 9.80 Å². The fourth-order valence-corrected chi connectivity index (χ4v) is 5.15. The number of benzene rings is 1. The van der Waals surface area contributed by atoms with E-state index in [1.807, 2.05) is 7.05 Å². The second kappa shape index (κ2) is 16.5. The van der Waals surface area contributed by atoms with Gasteiger partial charge >= 0.3 is 0 Å². The zero-order valence-electron chi connectivity index (χ0n) is 26.4. The van der Waals surface area contributed by atoms with Crippen molar-refractivity contribution in [1.82, 2.24) is 9.80 Å². The summed E-state index contributed by atoms with van der Waals surface area (Å²) in [7, 11) is 4.12. The Morgan fingerprint density at radius 2 is 1.77 bits per heavy atom. The number of nitrogens with zero attached hydrogens (tertiary/aromatic N) is 4. The maximum atomic E-state index is 5.08. The van der Waals surface area contributed by atoms with Crippen molar-refractivity contribution in [1.29, 1.82) is 0 Å². The maximum Gasteiger partial charge on any atom is 0.130 e. The minimum Gasteiger partial charge on any atom is -0.378 e. The van der Waals surface area contributed by atoms with Crippen LogP contribution in [0.1, 0.15) is 98.5 Å². The normalized spacial score (nSPS) is 17.5. The van der Waals surface area contributed by atoms with Crippen LogP contribution in [-0.2, 0) is 5.41 Å². The molecule has 1 heterocycles. The monoisotopic (exact) mass is 532 g/mol. The number of allylic oxidation sites excluding steroid dienone is 4. The van der Waals surface area contributed by atoms with Crippen LogP contribution in [0.2, 0.25) is 0 Å². The van der Waals surface area contributed by atoms with E-state index in [-0.39, 0.29) is 5.41 Å². The zero-order chi connectivity index (χ0) is 28.8. The molecule has 0 bridgehead atoms. The molecule has 1 aliphatic rings. The van der Waals surface area contributed by atoms with Gasteiger partial charge in [-0.2, -0.15) is 0 Å². The van der Waals surface area contributed by atoms with E-state index in [4.69, 9.17) is 4.99 Å². The zero-order valence-corrected chi connectivity index (χ0v) is 26.4. The van der Waals surface area contributed by atoms with Crippen molar-refractivity contribution >= 4 is 11.5 Å². The topological polar surface area (TPSA) is 31.2 Å². The lowest BCUT2D eigenvalue weighted by Crippen LogP contribution is -2.41. The first-order valence-corrected chi connectivity index (χ1v) is 15.2. The first-order valence-electron chi connectivity index (χ1n) is 15.2. The third kappa shape index (κ3) is 10.1. The molecular weight excluding hydrogens is 476 g/mol. The highest BCUT2D eigenvalue weighted by Crippen LogP contribution is 2.35. The van der Waals surface area contributed by atoms with E-state index in [2.05, 4.69) is 112 Å². The average molecular weight is 533 g/mol. The highest BCUT2D eigenvalue weighted by molar-refractivity contribution is 5.98. The van der Waals surface area contributed by atoms with Gasteiger partial charge in [-0.15, -0.1) is 0 Å². The summed E-state index contributed by atoms with van der Waals surface area (Å²) < 4.78 is 0. The van der Waals surface area contributed by atoms with E-state index in [1.54, 1.807) is 0 Å². The third-order valence-electron chi connectivity index (χ3n) is 8.54. The van der Waals surface area contributed by atoms with Crippen molar-refractivity contribution < 1.29 is 0 Å². The predicted octanol–water partition coefficient (Wildman–Crippen LogP) is 8.82. The molecule has 2 unspecified atom stereocenters. The van der Waals surface area contributed by atoms with Crippen LogP contribution in [0.15, 0.2) is 76.0 Å². The van der Waals surface area contributed by atoms with Crippen molar-refractivity contribution in [2.24, 2.45) is 15.9 Å². The van der Waals surface area contributed by atoms with Gasteiger partial charge in [0.1, 0.15) is 5.84 Å². The number of hydrogen-bond acceptors (Lipinski definition) is 3. The number of unbranched alkanes of at least 4 members (excludes halogenated alkanes) is 3. The van der Waals surface area contributed by atoms with Crippen LogP contribution in [0.5, 0.6) is 0 Å². The molecule has 1 aliphatic heterocycles. The molecule has 0 saturated carbocycles. The van der Waals surface area contributed by atoms with Gasteiger partial charge in [0.15, 0.2) is 0 Å². The van der Waals surface area contributed by atoms with Gasteiger partial charge in [-0.3, -0.25) is 4.99 Å². The molecule has 0 amide bonds. The third-order valence-corrected chi connectivity index (χ3v) is 8.54. The van der Waals surface area contributed by atoms with Crippen LogP contribution < -0.4 is 0 Å². The van der Waals surface area contributed by atoms with Crippen LogP contribution in [0.4, 0.5) is 0 Å². The van der Waals surface area contributed by atoms with E-state index in [9.17, 15) is 0 Å². The highest BCUT2D eigenvalue weighted by Gasteiger charge is 2.26. The van der Waals surface area contributed by atoms with Crippen LogP contribution in [0, 0.1) is 5.92 Å². The van der Waals surface area contributed by atoms with Gasteiger partial charge in [0, 0.05) is 56.3 Å². The van der Waals surface area contributed by atoms with Crippen LogP contribution in [0.25, 0.3) is 0 Å². The van der Waals surface area contributed by atoms with Gasteiger partial charge in [0.05, 0.1) is 0 Å². The molecule has 0 spiro atoms. The molecule has 0 aromatic heterocycles. The SMILES string of the molecule is C=C(C)C(C)(CCCCN(C)/C(C)=C/C(=N/C(C)=C/C(=NC)C(C)CCCCC)N1CCC1)c1ccccc1. The van der Waals surface area contributed by atoms with Gasteiger partial charge in [-0.1, -0.05) is 88.9 Å². The van der Waals surface area contributed by atoms with Crippen LogP contribution >= 0.6 is 0 Å². The molecule has 1 saturated heterocycles. The predicted molar refractivity (Wildman–Crippen MR) is 173 cm³/mol. The molecular formula is C35H56N4. The Kier molecular flexibility index (Phi) is 13.8. The number of rotatable bonds is 16. The Morgan fingerprint density at radius 1 is 1.08 bits per heavy atom. The summed E-state index contributed by atoms with van der Waals surface area (Å²) in [5.74, 6) is 1.54. The van der Waals surface area contributed by atoms with Crippen molar-refractivity contribution in [3.05, 3.63) is 71.6 Å². The lowest BCUT2D eigenvalue weighted by Gasteiger charge is -2.34. The number of likely N-dealkylation sites (tertiary alicyclic amines) is 1. The number of amidine groups is 1. The summed E-state index contributed by atoms with van der Waals surface area (Å²) in [6, 6.07) is 10.8. The first-order chi connectivity index (χ1) is 18.6. The Bertz CT molecular complexity index is 1010. The fraction of sp³-hybridized carbons (Fsp3) is 0.600. The standard InChI is InChI=1S/C35H56N4/c1-10-11-13-19-29(4)33(36-8)26-30(5)37-34(39-24-18-25-39)27-31(6)38(9)23-17-16-22-35(7,28(2)3)32-20-14-12-15-21-32/h12,14-15,20-21,26-27,29H,2,10-11,13,16-19,22-25H2,1,3-9H3/b30-26+,31-27+,36-33?,37-34-. The largest absolute Gasteiger partial charge is 0.378 e. The van der Waals surface area contributed by atoms with Gasteiger partial charge in [-0.05, 0) is 70.1 Å². The summed E-state index contributed by atoms with van der Waals surface area (Å²) in [6.07, 6.45) is 14.1. The summed E-state index contributed by atoms with van der Waals surface area (Å²) in [5, 5.41) is 0.